The molecule has 0 spiro atoms. The summed E-state index contributed by atoms with van der Waals surface area (Å²) in [6.45, 7) is 5.00. The topological polar surface area (TPSA) is 40.6 Å². The first-order valence-corrected chi connectivity index (χ1v) is 10.1. The molecule has 1 saturated heterocycles. The van der Waals surface area contributed by atoms with Gasteiger partial charge in [-0.25, -0.2) is 0 Å². The van der Waals surface area contributed by atoms with E-state index >= 15 is 0 Å². The summed E-state index contributed by atoms with van der Waals surface area (Å²) in [5.41, 5.74) is 1.30. The van der Waals surface area contributed by atoms with Crippen LogP contribution in [0.4, 0.5) is 0 Å². The van der Waals surface area contributed by atoms with Crippen LogP contribution in [0.25, 0.3) is 0 Å². The summed E-state index contributed by atoms with van der Waals surface area (Å²) in [6.07, 6.45) is 0. The maximum absolute atomic E-state index is 13.0. The van der Waals surface area contributed by atoms with E-state index in [1.165, 1.54) is 0 Å². The van der Waals surface area contributed by atoms with Crippen molar-refractivity contribution < 1.29 is 9.59 Å². The van der Waals surface area contributed by atoms with Crippen LogP contribution >= 0.6 is 31.9 Å². The molecule has 0 saturated carbocycles. The minimum atomic E-state index is -0.0581. The number of amides is 2. The number of carbonyl (C=O) groups excluding carboxylic acids is 2. The lowest BCUT2D eigenvalue weighted by Crippen LogP contribution is -2.59. The Morgan fingerprint density at radius 2 is 1.12 bits per heavy atom. The SMILES string of the molecule is CC1CN(C(=O)c2ccccc2Br)C(C)CN1C(=O)c1ccccc1Br. The minimum Gasteiger partial charge on any atom is -0.332 e. The Bertz CT molecular complexity index is 771. The largest absolute Gasteiger partial charge is 0.332 e. The lowest BCUT2D eigenvalue weighted by Gasteiger charge is -2.44. The molecule has 0 N–H and O–H groups in total. The molecule has 26 heavy (non-hydrogen) atoms. The Balaban J connectivity index is 1.79. The van der Waals surface area contributed by atoms with Crippen LogP contribution in [0.15, 0.2) is 57.5 Å². The van der Waals surface area contributed by atoms with Crippen molar-refractivity contribution in [3.8, 4) is 0 Å². The quantitative estimate of drug-likeness (QED) is 0.632. The summed E-state index contributed by atoms with van der Waals surface area (Å²) < 4.78 is 1.58. The second-order valence-electron chi connectivity index (χ2n) is 6.57. The molecule has 2 aromatic rings. The van der Waals surface area contributed by atoms with Gasteiger partial charge in [0.05, 0.1) is 11.1 Å². The number of nitrogens with zero attached hydrogens (tertiary/aromatic N) is 2. The number of halogens is 2. The van der Waals surface area contributed by atoms with E-state index in [9.17, 15) is 9.59 Å². The van der Waals surface area contributed by atoms with Gasteiger partial charge in [0, 0.05) is 34.1 Å². The molecule has 1 aliphatic heterocycles. The minimum absolute atomic E-state index is 0.00943. The van der Waals surface area contributed by atoms with Crippen LogP contribution in [-0.2, 0) is 0 Å². The van der Waals surface area contributed by atoms with Crippen molar-refractivity contribution >= 4 is 43.7 Å². The predicted octanol–water partition coefficient (Wildman–Crippen LogP) is 4.59. The molecule has 3 rings (SSSR count). The van der Waals surface area contributed by atoms with Gasteiger partial charge >= 0.3 is 0 Å². The monoisotopic (exact) mass is 478 g/mol. The van der Waals surface area contributed by atoms with Crippen LogP contribution in [-0.4, -0.2) is 46.8 Å². The zero-order chi connectivity index (χ0) is 18.8. The molecular formula is C20H20Br2N2O2. The van der Waals surface area contributed by atoms with E-state index in [4.69, 9.17) is 0 Å². The fourth-order valence-electron chi connectivity index (χ4n) is 3.27. The molecule has 6 heteroatoms. The van der Waals surface area contributed by atoms with Crippen molar-refractivity contribution in [1.29, 1.82) is 0 Å². The van der Waals surface area contributed by atoms with Gasteiger partial charge in [0.25, 0.3) is 11.8 Å². The molecule has 2 unspecified atom stereocenters. The van der Waals surface area contributed by atoms with Crippen LogP contribution in [0.5, 0.6) is 0 Å². The maximum Gasteiger partial charge on any atom is 0.255 e. The van der Waals surface area contributed by atoms with Crippen molar-refractivity contribution in [2.45, 2.75) is 25.9 Å². The van der Waals surface area contributed by atoms with Crippen molar-refractivity contribution in [3.63, 3.8) is 0 Å². The van der Waals surface area contributed by atoms with Crippen LogP contribution < -0.4 is 0 Å². The van der Waals surface area contributed by atoms with Gasteiger partial charge in [-0.1, -0.05) is 24.3 Å². The standard InChI is InChI=1S/C20H20Br2N2O2/c1-13-11-24(20(26)16-8-4-6-10-18(16)22)14(2)12-23(13)19(25)15-7-3-5-9-17(15)21/h3-10,13-14H,11-12H2,1-2H3. The van der Waals surface area contributed by atoms with E-state index in [0.717, 1.165) is 8.95 Å². The van der Waals surface area contributed by atoms with E-state index < -0.39 is 0 Å². The second-order valence-corrected chi connectivity index (χ2v) is 8.28. The predicted molar refractivity (Wildman–Crippen MR) is 109 cm³/mol. The molecule has 1 heterocycles. The summed E-state index contributed by atoms with van der Waals surface area (Å²) in [5, 5.41) is 0. The van der Waals surface area contributed by atoms with Crippen LogP contribution in [0.3, 0.4) is 0 Å². The first-order valence-electron chi connectivity index (χ1n) is 8.51. The first-order chi connectivity index (χ1) is 12.4. The number of carbonyl (C=O) groups is 2. The summed E-state index contributed by atoms with van der Waals surface area (Å²) in [4.78, 5) is 29.6. The molecule has 1 fully saturated rings. The number of hydrogen-bond acceptors (Lipinski definition) is 2. The average molecular weight is 480 g/mol. The smallest absolute Gasteiger partial charge is 0.255 e. The van der Waals surface area contributed by atoms with Gasteiger partial charge in [-0.15, -0.1) is 0 Å². The third-order valence-corrected chi connectivity index (χ3v) is 6.10. The zero-order valence-electron chi connectivity index (χ0n) is 14.7. The Kier molecular flexibility index (Phi) is 5.82. The molecule has 0 bridgehead atoms. The van der Waals surface area contributed by atoms with Crippen LogP contribution in [0.1, 0.15) is 34.6 Å². The van der Waals surface area contributed by atoms with Gasteiger partial charge < -0.3 is 9.80 Å². The van der Waals surface area contributed by atoms with Crippen LogP contribution in [0.2, 0.25) is 0 Å². The van der Waals surface area contributed by atoms with E-state index in [1.54, 1.807) is 0 Å². The highest BCUT2D eigenvalue weighted by Gasteiger charge is 2.35. The van der Waals surface area contributed by atoms with Crippen molar-refractivity contribution in [3.05, 3.63) is 68.6 Å². The Labute approximate surface area is 170 Å². The average Bonchev–Trinajstić information content (AvgIpc) is 2.63. The zero-order valence-corrected chi connectivity index (χ0v) is 17.8. The normalized spacial score (nSPS) is 20.2. The number of piperazine rings is 1. The Hall–Kier alpha value is -1.66. The Morgan fingerprint density at radius 3 is 1.46 bits per heavy atom. The van der Waals surface area contributed by atoms with Crippen molar-refractivity contribution in [2.75, 3.05) is 13.1 Å². The molecule has 4 nitrogen and oxygen atoms in total. The van der Waals surface area contributed by atoms with Gasteiger partial charge in [0.2, 0.25) is 0 Å². The molecule has 2 atom stereocenters. The van der Waals surface area contributed by atoms with Gasteiger partial charge in [-0.05, 0) is 70.0 Å². The molecule has 1 aliphatic rings. The van der Waals surface area contributed by atoms with Gasteiger partial charge in [-0.2, -0.15) is 0 Å². The highest BCUT2D eigenvalue weighted by molar-refractivity contribution is 9.10. The lowest BCUT2D eigenvalue weighted by molar-refractivity contribution is 0.0269. The maximum atomic E-state index is 13.0. The third-order valence-electron chi connectivity index (χ3n) is 4.72. The van der Waals surface area contributed by atoms with Crippen LogP contribution in [0, 0.1) is 0 Å². The summed E-state index contributed by atoms with van der Waals surface area (Å²) >= 11 is 6.91. The molecule has 0 radical (unpaired) electrons. The van der Waals surface area contributed by atoms with E-state index in [-0.39, 0.29) is 23.9 Å². The Morgan fingerprint density at radius 1 is 0.769 bits per heavy atom. The first kappa shape index (κ1) is 19.1. The van der Waals surface area contributed by atoms with Gasteiger partial charge in [0.15, 0.2) is 0 Å². The molecule has 0 aromatic heterocycles. The fourth-order valence-corrected chi connectivity index (χ4v) is 4.18. The second kappa shape index (κ2) is 7.92. The van der Waals surface area contributed by atoms with E-state index in [0.29, 0.717) is 24.2 Å². The number of benzene rings is 2. The third kappa shape index (κ3) is 3.71. The summed E-state index contributed by atoms with van der Waals surface area (Å²) in [7, 11) is 0. The molecule has 2 amide bonds. The number of rotatable bonds is 2. The highest BCUT2D eigenvalue weighted by atomic mass is 79.9. The van der Waals surface area contributed by atoms with Crippen molar-refractivity contribution in [1.82, 2.24) is 9.80 Å². The van der Waals surface area contributed by atoms with E-state index in [1.807, 2.05) is 72.2 Å². The number of hydrogen-bond donors (Lipinski definition) is 0. The highest BCUT2D eigenvalue weighted by Crippen LogP contribution is 2.25. The van der Waals surface area contributed by atoms with Gasteiger partial charge in [-0.3, -0.25) is 9.59 Å². The molecule has 2 aromatic carbocycles. The van der Waals surface area contributed by atoms with Gasteiger partial charge in [0.1, 0.15) is 0 Å². The molecule has 0 aliphatic carbocycles. The summed E-state index contributed by atoms with van der Waals surface area (Å²) in [6, 6.07) is 14.8. The van der Waals surface area contributed by atoms with E-state index in [2.05, 4.69) is 31.9 Å². The molecule has 136 valence electrons. The molecular weight excluding hydrogens is 460 g/mol. The lowest BCUT2D eigenvalue weighted by atomic mass is 10.0. The summed E-state index contributed by atoms with van der Waals surface area (Å²) in [5.74, 6) is -0.0189. The fraction of sp³-hybridized carbons (Fsp3) is 0.300. The van der Waals surface area contributed by atoms with Crippen molar-refractivity contribution in [2.24, 2.45) is 0 Å².